The molecule has 4 rings (SSSR count). The number of halogens is 1. The minimum Gasteiger partial charge on any atom is -0.506 e. The molecule has 0 atom stereocenters. The van der Waals surface area contributed by atoms with Crippen LogP contribution in [0.1, 0.15) is 25.8 Å². The summed E-state index contributed by atoms with van der Waals surface area (Å²) in [5.41, 5.74) is 4.22. The van der Waals surface area contributed by atoms with E-state index in [1.807, 2.05) is 13.8 Å². The summed E-state index contributed by atoms with van der Waals surface area (Å²) < 4.78 is 49.5. The molecular weight excluding hydrogens is 467 g/mol. The highest BCUT2D eigenvalue weighted by Crippen LogP contribution is 2.34. The number of aromatic nitrogens is 1. The van der Waals surface area contributed by atoms with Crippen molar-refractivity contribution in [2.24, 2.45) is 16.0 Å². The van der Waals surface area contributed by atoms with Crippen LogP contribution in [0.5, 0.6) is 11.5 Å². The number of nitrogens with one attached hydrogen (secondary N) is 1. The summed E-state index contributed by atoms with van der Waals surface area (Å²) in [7, 11) is -4.37. The predicted octanol–water partition coefficient (Wildman–Crippen LogP) is 2.91. The van der Waals surface area contributed by atoms with Gasteiger partial charge in [-0.3, -0.25) is 4.79 Å². The summed E-state index contributed by atoms with van der Waals surface area (Å²) in [6, 6.07) is 7.28. The van der Waals surface area contributed by atoms with Gasteiger partial charge in [-0.25, -0.2) is 9.18 Å². The Labute approximate surface area is 193 Å². The maximum Gasteiger partial charge on any atom is 0.409 e. The lowest BCUT2D eigenvalue weighted by Crippen LogP contribution is -2.33. The Kier molecular flexibility index (Phi) is 5.77. The van der Waals surface area contributed by atoms with Gasteiger partial charge in [-0.1, -0.05) is 13.8 Å². The first-order valence-corrected chi connectivity index (χ1v) is 11.7. The third-order valence-corrected chi connectivity index (χ3v) is 6.60. The van der Waals surface area contributed by atoms with Crippen molar-refractivity contribution >= 4 is 38.5 Å². The molecule has 4 N–H and O–H groups in total. The topological polar surface area (TPSA) is 153 Å². The monoisotopic (exact) mass is 488 g/mol. The molecule has 3 aromatic rings. The Hall–Kier alpha value is -3.93. The number of pyridine rings is 1. The number of anilines is 1. The maximum atomic E-state index is 14.0. The Morgan fingerprint density at radius 3 is 2.68 bits per heavy atom. The largest absolute Gasteiger partial charge is 0.506 e. The van der Waals surface area contributed by atoms with Crippen LogP contribution >= 0.6 is 0 Å². The van der Waals surface area contributed by atoms with E-state index in [9.17, 15) is 27.5 Å². The zero-order valence-corrected chi connectivity index (χ0v) is 19.0. The standard InChI is InChI=1S/C22H21FN4O6S/c1-11(2)7-8-27-16-6-3-12(23)9-14(16)19(28)18(21(27)29)20-25-15-5-4-13(33-22(24)30)10-17(15)34(31,32)26-20/h3-6,9-11,28H,7-8H2,1-2H3,(H2,24,30)(H,25,26). The molecular formula is C22H21FN4O6S. The summed E-state index contributed by atoms with van der Waals surface area (Å²) in [4.78, 5) is 24.1. The van der Waals surface area contributed by atoms with E-state index in [0.29, 0.717) is 11.9 Å². The zero-order valence-electron chi connectivity index (χ0n) is 18.2. The van der Waals surface area contributed by atoms with Gasteiger partial charge in [0.25, 0.3) is 15.6 Å². The van der Waals surface area contributed by atoms with Crippen molar-refractivity contribution in [3.8, 4) is 11.5 Å². The van der Waals surface area contributed by atoms with Crippen molar-refractivity contribution in [3.63, 3.8) is 0 Å². The number of carbonyl (C=O) groups excluding carboxylic acids is 1. The molecule has 0 saturated heterocycles. The van der Waals surface area contributed by atoms with Gasteiger partial charge in [0.2, 0.25) is 0 Å². The first kappa shape index (κ1) is 23.2. The first-order valence-electron chi connectivity index (χ1n) is 10.3. The number of carbonyl (C=O) groups is 1. The molecule has 1 aliphatic rings. The Morgan fingerprint density at radius 1 is 1.26 bits per heavy atom. The number of hydrogen-bond donors (Lipinski definition) is 3. The van der Waals surface area contributed by atoms with E-state index in [0.717, 1.165) is 12.1 Å². The van der Waals surface area contributed by atoms with Gasteiger partial charge in [-0.05, 0) is 42.7 Å². The molecule has 0 saturated carbocycles. The second kappa shape index (κ2) is 8.45. The predicted molar refractivity (Wildman–Crippen MR) is 123 cm³/mol. The molecule has 0 unspecified atom stereocenters. The fraction of sp³-hybridized carbons (Fsp3) is 0.227. The highest BCUT2D eigenvalue weighted by atomic mass is 32.2. The number of ether oxygens (including phenoxy) is 1. The van der Waals surface area contributed by atoms with Crippen LogP contribution in [0.2, 0.25) is 0 Å². The normalized spacial score (nSPS) is 14.4. The molecule has 1 aliphatic heterocycles. The molecule has 2 heterocycles. The number of amides is 1. The van der Waals surface area contributed by atoms with Crippen LogP contribution in [-0.4, -0.2) is 30.0 Å². The number of nitrogens with two attached hydrogens (primary N) is 1. The average Bonchev–Trinajstić information content (AvgIpc) is 2.73. The fourth-order valence-electron chi connectivity index (χ4n) is 3.66. The van der Waals surface area contributed by atoms with Gasteiger partial charge in [0.15, 0.2) is 5.84 Å². The van der Waals surface area contributed by atoms with E-state index in [-0.39, 0.29) is 34.2 Å². The molecule has 0 fully saturated rings. The first-order chi connectivity index (χ1) is 16.0. The quantitative estimate of drug-likeness (QED) is 0.499. The van der Waals surface area contributed by atoms with Crippen molar-refractivity contribution in [2.45, 2.75) is 31.7 Å². The molecule has 0 spiro atoms. The highest BCUT2D eigenvalue weighted by Gasteiger charge is 2.30. The average molecular weight is 488 g/mol. The minimum absolute atomic E-state index is 0.0358. The summed E-state index contributed by atoms with van der Waals surface area (Å²) in [5.74, 6) is -1.52. The van der Waals surface area contributed by atoms with Crippen molar-refractivity contribution in [2.75, 3.05) is 5.32 Å². The minimum atomic E-state index is -4.37. The Balaban J connectivity index is 1.92. The highest BCUT2D eigenvalue weighted by molar-refractivity contribution is 7.90. The molecule has 178 valence electrons. The van der Waals surface area contributed by atoms with Crippen molar-refractivity contribution < 1.29 is 27.4 Å². The number of amidine groups is 1. The van der Waals surface area contributed by atoms with Crippen molar-refractivity contribution in [1.82, 2.24) is 4.57 Å². The Morgan fingerprint density at radius 2 is 2.00 bits per heavy atom. The van der Waals surface area contributed by atoms with Gasteiger partial charge in [0.05, 0.1) is 11.2 Å². The number of hydrogen-bond acceptors (Lipinski definition) is 7. The molecule has 10 nitrogen and oxygen atoms in total. The molecule has 0 aliphatic carbocycles. The van der Waals surface area contributed by atoms with Crippen LogP contribution in [0.4, 0.5) is 14.9 Å². The third-order valence-electron chi connectivity index (χ3n) is 5.28. The van der Waals surface area contributed by atoms with Crippen LogP contribution in [0, 0.1) is 11.7 Å². The van der Waals surface area contributed by atoms with Crippen LogP contribution in [0.25, 0.3) is 10.9 Å². The third kappa shape index (κ3) is 4.19. The number of aryl methyl sites for hydroxylation is 1. The molecule has 0 bridgehead atoms. The van der Waals surface area contributed by atoms with Crippen LogP contribution < -0.4 is 21.3 Å². The van der Waals surface area contributed by atoms with E-state index >= 15 is 0 Å². The van der Waals surface area contributed by atoms with E-state index < -0.39 is 44.6 Å². The number of aromatic hydroxyl groups is 1. The summed E-state index contributed by atoms with van der Waals surface area (Å²) in [6.45, 7) is 4.21. The van der Waals surface area contributed by atoms with E-state index in [2.05, 4.69) is 9.71 Å². The molecule has 1 aromatic heterocycles. The number of nitrogens with zero attached hydrogens (tertiary/aromatic N) is 2. The summed E-state index contributed by atoms with van der Waals surface area (Å²) >= 11 is 0. The van der Waals surface area contributed by atoms with Gasteiger partial charge >= 0.3 is 6.09 Å². The molecule has 2 aromatic carbocycles. The lowest BCUT2D eigenvalue weighted by molar-refractivity contribution is 0.210. The molecule has 12 heteroatoms. The molecule has 34 heavy (non-hydrogen) atoms. The fourth-order valence-corrected chi connectivity index (χ4v) is 4.80. The van der Waals surface area contributed by atoms with Gasteiger partial charge in [0, 0.05) is 18.0 Å². The van der Waals surface area contributed by atoms with E-state index in [1.165, 1.54) is 28.8 Å². The lowest BCUT2D eigenvalue weighted by atomic mass is 10.1. The molecule has 0 radical (unpaired) electrons. The van der Waals surface area contributed by atoms with Crippen molar-refractivity contribution in [3.05, 3.63) is 58.1 Å². The summed E-state index contributed by atoms with van der Waals surface area (Å²) in [6.07, 6.45) is -0.513. The van der Waals surface area contributed by atoms with E-state index in [4.69, 9.17) is 10.5 Å². The second-order valence-corrected chi connectivity index (χ2v) is 9.72. The Bertz CT molecular complexity index is 1530. The maximum absolute atomic E-state index is 14.0. The summed E-state index contributed by atoms with van der Waals surface area (Å²) in [5, 5.41) is 13.7. The van der Waals surface area contributed by atoms with Gasteiger partial charge < -0.3 is 25.5 Å². The van der Waals surface area contributed by atoms with Crippen LogP contribution in [0.15, 0.2) is 50.5 Å². The second-order valence-electron chi connectivity index (χ2n) is 8.14. The lowest BCUT2D eigenvalue weighted by Gasteiger charge is -2.21. The number of benzene rings is 2. The SMILES string of the molecule is CC(C)CCn1c(=O)c(C2=NS(=O)(=O)c3cc(OC(N)=O)ccc3N2)c(O)c2cc(F)ccc21. The number of fused-ring (bicyclic) bond motifs is 2. The van der Waals surface area contributed by atoms with Crippen LogP contribution in [0.3, 0.4) is 0 Å². The molecule has 1 amide bonds. The zero-order chi connectivity index (χ0) is 24.8. The van der Waals surface area contributed by atoms with Gasteiger partial charge in [-0.2, -0.15) is 8.42 Å². The van der Waals surface area contributed by atoms with Crippen molar-refractivity contribution in [1.29, 1.82) is 0 Å². The van der Waals surface area contributed by atoms with Crippen LogP contribution in [-0.2, 0) is 16.6 Å². The number of primary amides is 1. The van der Waals surface area contributed by atoms with Gasteiger partial charge in [0.1, 0.15) is 27.8 Å². The van der Waals surface area contributed by atoms with Gasteiger partial charge in [-0.15, -0.1) is 4.40 Å². The number of sulfonamides is 1. The smallest absolute Gasteiger partial charge is 0.409 e. The number of rotatable bonds is 5. The van der Waals surface area contributed by atoms with E-state index in [1.54, 1.807) is 0 Å².